The first-order valence-electron chi connectivity index (χ1n) is 10.2. The van der Waals surface area contributed by atoms with Gasteiger partial charge in [0.2, 0.25) is 0 Å². The van der Waals surface area contributed by atoms with Crippen molar-refractivity contribution in [3.05, 3.63) is 29.8 Å². The van der Waals surface area contributed by atoms with Crippen LogP contribution < -0.4 is 15.4 Å². The molecule has 0 spiro atoms. The molecular formula is C21H31N3O2. The van der Waals surface area contributed by atoms with Crippen LogP contribution in [0.15, 0.2) is 29.3 Å². The number of hydrogen-bond donors (Lipinski definition) is 2. The minimum absolute atomic E-state index is 0.367. The summed E-state index contributed by atoms with van der Waals surface area (Å²) >= 11 is 0. The Morgan fingerprint density at radius 3 is 2.62 bits per heavy atom. The number of nitrogens with zero attached hydrogens (tertiary/aromatic N) is 1. The molecule has 3 aliphatic rings. The summed E-state index contributed by atoms with van der Waals surface area (Å²) < 4.78 is 11.9. The van der Waals surface area contributed by atoms with Crippen LogP contribution in [0.2, 0.25) is 0 Å². The number of fused-ring (bicyclic) bond motifs is 2. The summed E-state index contributed by atoms with van der Waals surface area (Å²) in [7, 11) is 1.83. The third-order valence-electron chi connectivity index (χ3n) is 5.89. The van der Waals surface area contributed by atoms with E-state index >= 15 is 0 Å². The van der Waals surface area contributed by atoms with Crippen molar-refractivity contribution in [1.82, 2.24) is 10.6 Å². The molecule has 3 fully saturated rings. The van der Waals surface area contributed by atoms with Crippen LogP contribution in [-0.2, 0) is 11.2 Å². The van der Waals surface area contributed by atoms with Gasteiger partial charge in [-0.25, -0.2) is 0 Å². The van der Waals surface area contributed by atoms with Gasteiger partial charge in [0, 0.05) is 13.6 Å². The molecule has 1 aliphatic carbocycles. The lowest BCUT2D eigenvalue weighted by molar-refractivity contribution is 0.0992. The number of nitrogens with one attached hydrogen (secondary N) is 2. The first-order chi connectivity index (χ1) is 12.8. The van der Waals surface area contributed by atoms with Crippen molar-refractivity contribution in [3.63, 3.8) is 0 Å². The average molecular weight is 357 g/mol. The first-order valence-corrected chi connectivity index (χ1v) is 10.2. The summed E-state index contributed by atoms with van der Waals surface area (Å²) in [5, 5.41) is 6.96. The SMILES string of the molecule is CN=C(NCCc1ccc(OC2CCCC2)cc1)NC1CC2CCC1O2. The van der Waals surface area contributed by atoms with E-state index in [1.165, 1.54) is 44.1 Å². The summed E-state index contributed by atoms with van der Waals surface area (Å²) in [6.45, 7) is 0.865. The smallest absolute Gasteiger partial charge is 0.191 e. The van der Waals surface area contributed by atoms with Gasteiger partial charge in [0.15, 0.2) is 5.96 Å². The third-order valence-corrected chi connectivity index (χ3v) is 5.89. The molecule has 2 bridgehead atoms. The van der Waals surface area contributed by atoms with Gasteiger partial charge in [0.1, 0.15) is 5.75 Å². The Labute approximate surface area is 156 Å². The number of guanidine groups is 1. The minimum atomic E-state index is 0.367. The van der Waals surface area contributed by atoms with E-state index in [1.807, 2.05) is 7.05 Å². The Hall–Kier alpha value is -1.75. The molecule has 3 atom stereocenters. The number of benzene rings is 1. The van der Waals surface area contributed by atoms with E-state index in [0.717, 1.165) is 31.1 Å². The van der Waals surface area contributed by atoms with Crippen LogP contribution in [0, 0.1) is 0 Å². The Morgan fingerprint density at radius 2 is 1.96 bits per heavy atom. The second-order valence-electron chi connectivity index (χ2n) is 7.78. The van der Waals surface area contributed by atoms with E-state index in [1.54, 1.807) is 0 Å². The lowest BCUT2D eigenvalue weighted by Crippen LogP contribution is -2.47. The molecule has 4 rings (SSSR count). The fourth-order valence-corrected chi connectivity index (χ4v) is 4.42. The highest BCUT2D eigenvalue weighted by Crippen LogP contribution is 2.34. The molecule has 2 saturated heterocycles. The molecule has 26 heavy (non-hydrogen) atoms. The van der Waals surface area contributed by atoms with Crippen molar-refractivity contribution in [3.8, 4) is 5.75 Å². The zero-order valence-corrected chi connectivity index (χ0v) is 15.7. The van der Waals surface area contributed by atoms with E-state index in [2.05, 4.69) is 39.9 Å². The van der Waals surface area contributed by atoms with E-state index in [-0.39, 0.29) is 0 Å². The van der Waals surface area contributed by atoms with Crippen molar-refractivity contribution in [2.24, 2.45) is 4.99 Å². The van der Waals surface area contributed by atoms with Crippen LogP contribution in [0.4, 0.5) is 0 Å². The quantitative estimate of drug-likeness (QED) is 0.607. The number of aliphatic imine (C=N–C) groups is 1. The van der Waals surface area contributed by atoms with Gasteiger partial charge in [0.25, 0.3) is 0 Å². The zero-order chi connectivity index (χ0) is 17.8. The van der Waals surface area contributed by atoms with Gasteiger partial charge in [-0.05, 0) is 69.1 Å². The molecule has 2 N–H and O–H groups in total. The van der Waals surface area contributed by atoms with Gasteiger partial charge >= 0.3 is 0 Å². The maximum atomic E-state index is 6.03. The summed E-state index contributed by atoms with van der Waals surface area (Å²) in [5.41, 5.74) is 1.31. The highest BCUT2D eigenvalue weighted by Gasteiger charge is 2.41. The fraction of sp³-hybridized carbons (Fsp3) is 0.667. The van der Waals surface area contributed by atoms with Gasteiger partial charge in [-0.2, -0.15) is 0 Å². The second kappa shape index (κ2) is 8.30. The highest BCUT2D eigenvalue weighted by molar-refractivity contribution is 5.80. The van der Waals surface area contributed by atoms with Crippen molar-refractivity contribution in [2.45, 2.75) is 75.7 Å². The van der Waals surface area contributed by atoms with E-state index in [9.17, 15) is 0 Å². The summed E-state index contributed by atoms with van der Waals surface area (Å²) in [6, 6.07) is 8.96. The Balaban J connectivity index is 1.19. The zero-order valence-electron chi connectivity index (χ0n) is 15.7. The minimum Gasteiger partial charge on any atom is -0.490 e. The van der Waals surface area contributed by atoms with Gasteiger partial charge in [0.05, 0.1) is 24.4 Å². The van der Waals surface area contributed by atoms with Crippen molar-refractivity contribution < 1.29 is 9.47 Å². The largest absolute Gasteiger partial charge is 0.490 e. The molecule has 3 unspecified atom stereocenters. The van der Waals surface area contributed by atoms with Crippen LogP contribution in [-0.4, -0.2) is 43.9 Å². The topological polar surface area (TPSA) is 54.9 Å². The maximum absolute atomic E-state index is 6.03. The number of hydrogen-bond acceptors (Lipinski definition) is 3. The lowest BCUT2D eigenvalue weighted by atomic mass is 9.96. The number of rotatable bonds is 6. The van der Waals surface area contributed by atoms with Crippen LogP contribution >= 0.6 is 0 Å². The molecule has 5 nitrogen and oxygen atoms in total. The van der Waals surface area contributed by atoms with Crippen LogP contribution in [0.5, 0.6) is 5.75 Å². The first kappa shape index (κ1) is 17.7. The highest BCUT2D eigenvalue weighted by atomic mass is 16.5. The molecule has 5 heteroatoms. The fourth-order valence-electron chi connectivity index (χ4n) is 4.42. The van der Waals surface area contributed by atoms with Crippen LogP contribution in [0.3, 0.4) is 0 Å². The van der Waals surface area contributed by atoms with Crippen molar-refractivity contribution >= 4 is 5.96 Å². The normalized spacial score (nSPS) is 28.5. The Morgan fingerprint density at radius 1 is 1.15 bits per heavy atom. The van der Waals surface area contributed by atoms with Crippen molar-refractivity contribution in [2.75, 3.05) is 13.6 Å². The van der Waals surface area contributed by atoms with Gasteiger partial charge < -0.3 is 20.1 Å². The van der Waals surface area contributed by atoms with Crippen molar-refractivity contribution in [1.29, 1.82) is 0 Å². The Kier molecular flexibility index (Phi) is 5.63. The third kappa shape index (κ3) is 4.32. The monoisotopic (exact) mass is 357 g/mol. The van der Waals surface area contributed by atoms with Crippen LogP contribution in [0.25, 0.3) is 0 Å². The standard InChI is InChI=1S/C21H31N3O2/c1-22-21(24-19-14-18-10-11-20(19)26-18)23-13-12-15-6-8-17(9-7-15)25-16-4-2-3-5-16/h6-9,16,18-20H,2-5,10-14H2,1H3,(H2,22,23,24). The lowest BCUT2D eigenvalue weighted by Gasteiger charge is -2.22. The molecule has 142 valence electrons. The van der Waals surface area contributed by atoms with E-state index in [0.29, 0.717) is 24.4 Å². The molecule has 0 radical (unpaired) electrons. The summed E-state index contributed by atoms with van der Waals surface area (Å²) in [6.07, 6.45) is 10.7. The molecule has 2 heterocycles. The molecule has 1 saturated carbocycles. The average Bonchev–Trinajstić information content (AvgIpc) is 3.40. The van der Waals surface area contributed by atoms with Gasteiger partial charge in [-0.1, -0.05) is 12.1 Å². The predicted octanol–water partition coefficient (Wildman–Crippen LogP) is 3.04. The molecule has 2 aliphatic heterocycles. The second-order valence-corrected chi connectivity index (χ2v) is 7.78. The Bertz CT molecular complexity index is 610. The van der Waals surface area contributed by atoms with E-state index < -0.39 is 0 Å². The number of ether oxygens (including phenoxy) is 2. The van der Waals surface area contributed by atoms with Gasteiger partial charge in [-0.15, -0.1) is 0 Å². The predicted molar refractivity (Wildman–Crippen MR) is 104 cm³/mol. The molecule has 1 aromatic rings. The molecule has 0 amide bonds. The molecule has 1 aromatic carbocycles. The summed E-state index contributed by atoms with van der Waals surface area (Å²) in [5.74, 6) is 1.88. The van der Waals surface area contributed by atoms with E-state index in [4.69, 9.17) is 9.47 Å². The molecule has 0 aromatic heterocycles. The summed E-state index contributed by atoms with van der Waals surface area (Å²) in [4.78, 5) is 4.36. The maximum Gasteiger partial charge on any atom is 0.191 e. The van der Waals surface area contributed by atoms with Crippen LogP contribution in [0.1, 0.15) is 50.5 Å². The van der Waals surface area contributed by atoms with Gasteiger partial charge in [-0.3, -0.25) is 4.99 Å². The molecular weight excluding hydrogens is 326 g/mol.